The van der Waals surface area contributed by atoms with E-state index in [0.29, 0.717) is 17.2 Å². The van der Waals surface area contributed by atoms with Gasteiger partial charge in [-0.05, 0) is 19.9 Å². The number of aryl methyl sites for hydroxylation is 3. The lowest BCUT2D eigenvalue weighted by molar-refractivity contribution is 0.0696. The van der Waals surface area contributed by atoms with Crippen LogP contribution in [0.3, 0.4) is 0 Å². The van der Waals surface area contributed by atoms with Crippen molar-refractivity contribution in [1.82, 2.24) is 14.8 Å². The molecule has 0 amide bonds. The van der Waals surface area contributed by atoms with Gasteiger partial charge < -0.3 is 10.4 Å². The van der Waals surface area contributed by atoms with Gasteiger partial charge in [-0.2, -0.15) is 5.10 Å². The molecule has 0 radical (unpaired) electrons. The Morgan fingerprint density at radius 3 is 2.72 bits per heavy atom. The molecule has 0 atom stereocenters. The largest absolute Gasteiger partial charge is 0.478 e. The molecule has 6 heteroatoms. The highest BCUT2D eigenvalue weighted by molar-refractivity contribution is 5.96. The summed E-state index contributed by atoms with van der Waals surface area (Å²) >= 11 is 0. The van der Waals surface area contributed by atoms with Gasteiger partial charge in [-0.15, -0.1) is 0 Å². The van der Waals surface area contributed by atoms with E-state index in [1.165, 1.54) is 0 Å². The summed E-state index contributed by atoms with van der Waals surface area (Å²) in [5.41, 5.74) is 1.93. The van der Waals surface area contributed by atoms with Gasteiger partial charge in [-0.25, -0.2) is 4.79 Å². The number of nitrogens with one attached hydrogen (secondary N) is 1. The lowest BCUT2D eigenvalue weighted by atomic mass is 10.1. The third kappa shape index (κ3) is 2.32. The first-order chi connectivity index (χ1) is 8.47. The SMILES string of the molecule is Cc1cc(Nc2ccn(C)n2)c(C(=O)O)c(C)n1. The van der Waals surface area contributed by atoms with Crippen LogP contribution in [0.15, 0.2) is 18.3 Å². The van der Waals surface area contributed by atoms with E-state index in [-0.39, 0.29) is 5.56 Å². The summed E-state index contributed by atoms with van der Waals surface area (Å²) in [6, 6.07) is 3.47. The second kappa shape index (κ2) is 4.48. The molecule has 0 saturated carbocycles. The molecule has 18 heavy (non-hydrogen) atoms. The fourth-order valence-electron chi connectivity index (χ4n) is 1.82. The maximum Gasteiger partial charge on any atom is 0.339 e. The number of anilines is 2. The Kier molecular flexibility index (Phi) is 3.01. The van der Waals surface area contributed by atoms with E-state index in [4.69, 9.17) is 0 Å². The molecule has 2 aromatic rings. The lowest BCUT2D eigenvalue weighted by Gasteiger charge is -2.10. The summed E-state index contributed by atoms with van der Waals surface area (Å²) in [7, 11) is 1.80. The molecule has 0 aromatic carbocycles. The fraction of sp³-hybridized carbons (Fsp3) is 0.250. The normalized spacial score (nSPS) is 10.4. The molecule has 0 bridgehead atoms. The number of nitrogens with zero attached hydrogens (tertiary/aromatic N) is 3. The van der Waals surface area contributed by atoms with Crippen LogP contribution in [-0.4, -0.2) is 25.8 Å². The number of carboxylic acid groups (broad SMARTS) is 1. The zero-order valence-corrected chi connectivity index (χ0v) is 10.4. The van der Waals surface area contributed by atoms with Crippen LogP contribution in [0.5, 0.6) is 0 Å². The van der Waals surface area contributed by atoms with Crippen molar-refractivity contribution in [3.05, 3.63) is 35.3 Å². The average Bonchev–Trinajstić information content (AvgIpc) is 2.62. The molecule has 2 rings (SSSR count). The zero-order valence-electron chi connectivity index (χ0n) is 10.4. The van der Waals surface area contributed by atoms with Crippen LogP contribution in [0.1, 0.15) is 21.7 Å². The summed E-state index contributed by atoms with van der Waals surface area (Å²) in [4.78, 5) is 15.4. The molecular formula is C12H14N4O2. The Morgan fingerprint density at radius 2 is 2.17 bits per heavy atom. The van der Waals surface area contributed by atoms with Crippen molar-refractivity contribution in [2.45, 2.75) is 13.8 Å². The number of rotatable bonds is 3. The van der Waals surface area contributed by atoms with E-state index < -0.39 is 5.97 Å². The Hall–Kier alpha value is -2.37. The summed E-state index contributed by atoms with van der Waals surface area (Å²) in [5.74, 6) is -0.400. The highest BCUT2D eigenvalue weighted by atomic mass is 16.4. The molecule has 0 fully saturated rings. The average molecular weight is 246 g/mol. The van der Waals surface area contributed by atoms with Crippen molar-refractivity contribution < 1.29 is 9.90 Å². The monoisotopic (exact) mass is 246 g/mol. The minimum atomic E-state index is -1.00. The van der Waals surface area contributed by atoms with Crippen LogP contribution in [0, 0.1) is 13.8 Å². The van der Waals surface area contributed by atoms with Crippen molar-refractivity contribution in [1.29, 1.82) is 0 Å². The van der Waals surface area contributed by atoms with Crippen LogP contribution < -0.4 is 5.32 Å². The highest BCUT2D eigenvalue weighted by Crippen LogP contribution is 2.23. The van der Waals surface area contributed by atoms with Gasteiger partial charge in [0.1, 0.15) is 5.56 Å². The van der Waals surface area contributed by atoms with E-state index in [2.05, 4.69) is 15.4 Å². The Labute approximate surface area is 104 Å². The third-order valence-corrected chi connectivity index (χ3v) is 2.52. The van der Waals surface area contributed by atoms with E-state index in [9.17, 15) is 9.90 Å². The summed E-state index contributed by atoms with van der Waals surface area (Å²) < 4.78 is 1.64. The maximum absolute atomic E-state index is 11.2. The van der Waals surface area contributed by atoms with Crippen LogP contribution in [-0.2, 0) is 7.05 Å². The van der Waals surface area contributed by atoms with Gasteiger partial charge in [-0.3, -0.25) is 9.67 Å². The molecule has 0 unspecified atom stereocenters. The first kappa shape index (κ1) is 12.1. The number of aromatic carboxylic acids is 1. The van der Waals surface area contributed by atoms with E-state index in [0.717, 1.165) is 5.69 Å². The minimum absolute atomic E-state index is 0.172. The number of carboxylic acids is 1. The van der Waals surface area contributed by atoms with Crippen molar-refractivity contribution in [3.63, 3.8) is 0 Å². The van der Waals surface area contributed by atoms with Gasteiger partial charge in [0.25, 0.3) is 0 Å². The number of hydrogen-bond donors (Lipinski definition) is 2. The Balaban J connectivity index is 2.45. The Morgan fingerprint density at radius 1 is 1.44 bits per heavy atom. The molecule has 0 aliphatic carbocycles. The van der Waals surface area contributed by atoms with Gasteiger partial charge in [0, 0.05) is 25.0 Å². The van der Waals surface area contributed by atoms with Gasteiger partial charge in [0.05, 0.1) is 11.4 Å². The number of pyridine rings is 1. The summed E-state index contributed by atoms with van der Waals surface area (Å²) in [5, 5.41) is 16.4. The van der Waals surface area contributed by atoms with Crippen molar-refractivity contribution in [3.8, 4) is 0 Å². The topological polar surface area (TPSA) is 80.0 Å². The number of aromatic nitrogens is 3. The van der Waals surface area contributed by atoms with Gasteiger partial charge >= 0.3 is 5.97 Å². The van der Waals surface area contributed by atoms with Gasteiger partial charge in [0.2, 0.25) is 0 Å². The molecule has 0 spiro atoms. The first-order valence-corrected chi connectivity index (χ1v) is 5.45. The first-order valence-electron chi connectivity index (χ1n) is 5.45. The third-order valence-electron chi connectivity index (χ3n) is 2.52. The minimum Gasteiger partial charge on any atom is -0.478 e. The van der Waals surface area contributed by atoms with Crippen molar-refractivity contribution >= 4 is 17.5 Å². The molecule has 0 saturated heterocycles. The van der Waals surface area contributed by atoms with Gasteiger partial charge in [-0.1, -0.05) is 0 Å². The standard InChI is InChI=1S/C12H14N4O2/c1-7-6-9(11(12(17)18)8(2)13-7)14-10-4-5-16(3)15-10/h4-6H,1-3H3,(H,17,18)(H,13,14,15). The van der Waals surface area contributed by atoms with Crippen LogP contribution in [0.2, 0.25) is 0 Å². The van der Waals surface area contributed by atoms with Crippen LogP contribution >= 0.6 is 0 Å². The molecule has 0 aliphatic rings. The van der Waals surface area contributed by atoms with E-state index >= 15 is 0 Å². The second-order valence-electron chi connectivity index (χ2n) is 4.08. The van der Waals surface area contributed by atoms with Crippen molar-refractivity contribution in [2.75, 3.05) is 5.32 Å². The van der Waals surface area contributed by atoms with E-state index in [1.807, 2.05) is 6.92 Å². The molecule has 0 aliphatic heterocycles. The molecule has 6 nitrogen and oxygen atoms in total. The van der Waals surface area contributed by atoms with Crippen molar-refractivity contribution in [2.24, 2.45) is 7.05 Å². The lowest BCUT2D eigenvalue weighted by Crippen LogP contribution is -2.08. The quantitative estimate of drug-likeness (QED) is 0.864. The smallest absolute Gasteiger partial charge is 0.339 e. The maximum atomic E-state index is 11.2. The summed E-state index contributed by atoms with van der Waals surface area (Å²) in [6.45, 7) is 3.50. The predicted molar refractivity (Wildman–Crippen MR) is 67.2 cm³/mol. The summed E-state index contributed by atoms with van der Waals surface area (Å²) in [6.07, 6.45) is 1.78. The fourth-order valence-corrected chi connectivity index (χ4v) is 1.82. The molecule has 2 aromatic heterocycles. The highest BCUT2D eigenvalue weighted by Gasteiger charge is 2.16. The predicted octanol–water partition coefficient (Wildman–Crippen LogP) is 1.87. The number of hydrogen-bond acceptors (Lipinski definition) is 4. The number of carbonyl (C=O) groups is 1. The molecular weight excluding hydrogens is 232 g/mol. The van der Waals surface area contributed by atoms with Crippen LogP contribution in [0.25, 0.3) is 0 Å². The van der Waals surface area contributed by atoms with Crippen LogP contribution in [0.4, 0.5) is 11.5 Å². The molecule has 2 N–H and O–H groups in total. The molecule has 94 valence electrons. The van der Waals surface area contributed by atoms with Gasteiger partial charge in [0.15, 0.2) is 5.82 Å². The second-order valence-corrected chi connectivity index (χ2v) is 4.08. The zero-order chi connectivity index (χ0) is 13.3. The molecule has 2 heterocycles. The Bertz CT molecular complexity index is 604. The van der Waals surface area contributed by atoms with E-state index in [1.54, 1.807) is 37.0 Å².